The molecule has 1 aromatic carbocycles. The predicted octanol–water partition coefficient (Wildman–Crippen LogP) is 3.02. The fourth-order valence-corrected chi connectivity index (χ4v) is 4.56. The van der Waals surface area contributed by atoms with E-state index in [1.54, 1.807) is 12.0 Å². The van der Waals surface area contributed by atoms with Crippen molar-refractivity contribution >= 4 is 11.8 Å². The Morgan fingerprint density at radius 3 is 2.73 bits per heavy atom. The van der Waals surface area contributed by atoms with Gasteiger partial charge in [0.1, 0.15) is 5.75 Å². The average Bonchev–Trinajstić information content (AvgIpc) is 3.31. The van der Waals surface area contributed by atoms with E-state index in [1.807, 2.05) is 35.1 Å². The minimum absolute atomic E-state index is 0.0134. The van der Waals surface area contributed by atoms with Crippen LogP contribution >= 0.6 is 0 Å². The maximum Gasteiger partial charge on any atom is 0.222 e. The van der Waals surface area contributed by atoms with Gasteiger partial charge in [-0.25, -0.2) is 4.68 Å². The van der Waals surface area contributed by atoms with Gasteiger partial charge in [-0.1, -0.05) is 13.8 Å². The first-order valence-corrected chi connectivity index (χ1v) is 10.6. The van der Waals surface area contributed by atoms with E-state index >= 15 is 0 Å². The Labute approximate surface area is 177 Å². The van der Waals surface area contributed by atoms with Gasteiger partial charge in [-0.15, -0.1) is 0 Å². The van der Waals surface area contributed by atoms with Crippen molar-refractivity contribution in [3.63, 3.8) is 0 Å². The lowest BCUT2D eigenvalue weighted by Crippen LogP contribution is -2.38. The van der Waals surface area contributed by atoms with Crippen LogP contribution in [0.4, 0.5) is 0 Å². The summed E-state index contributed by atoms with van der Waals surface area (Å²) in [6.07, 6.45) is 5.47. The summed E-state index contributed by atoms with van der Waals surface area (Å²) in [7, 11) is 1.65. The van der Waals surface area contributed by atoms with E-state index in [4.69, 9.17) is 4.74 Å². The minimum atomic E-state index is -0.0717. The number of nitrogens with one attached hydrogen (secondary N) is 1. The molecule has 1 aliphatic carbocycles. The first-order valence-electron chi connectivity index (χ1n) is 10.6. The number of fused-ring (bicyclic) bond motifs is 1. The van der Waals surface area contributed by atoms with Gasteiger partial charge in [0, 0.05) is 31.5 Å². The maximum atomic E-state index is 12.7. The molecule has 2 amide bonds. The number of carbonyl (C=O) groups is 2. The largest absolute Gasteiger partial charge is 0.497 e. The van der Waals surface area contributed by atoms with Crippen molar-refractivity contribution in [2.75, 3.05) is 20.2 Å². The molecule has 2 aromatic rings. The molecular weight excluding hydrogens is 380 g/mol. The monoisotopic (exact) mass is 410 g/mol. The number of aromatic nitrogens is 2. The zero-order valence-electron chi connectivity index (χ0n) is 18.0. The topological polar surface area (TPSA) is 76.5 Å². The number of hydrogen-bond acceptors (Lipinski definition) is 4. The van der Waals surface area contributed by atoms with E-state index in [1.165, 1.54) is 0 Å². The molecule has 0 radical (unpaired) electrons. The van der Waals surface area contributed by atoms with Crippen molar-refractivity contribution in [3.05, 3.63) is 41.7 Å². The van der Waals surface area contributed by atoms with E-state index in [9.17, 15) is 9.59 Å². The number of amides is 2. The van der Waals surface area contributed by atoms with Gasteiger partial charge >= 0.3 is 0 Å². The summed E-state index contributed by atoms with van der Waals surface area (Å²) < 4.78 is 7.23. The molecule has 1 aliphatic heterocycles. The number of benzene rings is 1. The van der Waals surface area contributed by atoms with E-state index in [0.29, 0.717) is 19.4 Å². The Morgan fingerprint density at radius 2 is 2.07 bits per heavy atom. The summed E-state index contributed by atoms with van der Waals surface area (Å²) in [4.78, 5) is 26.2. The van der Waals surface area contributed by atoms with Crippen LogP contribution in [0.15, 0.2) is 30.5 Å². The van der Waals surface area contributed by atoms with E-state index in [0.717, 1.165) is 48.5 Å². The molecule has 1 N–H and O–H groups in total. The van der Waals surface area contributed by atoms with Gasteiger partial charge in [0.05, 0.1) is 30.7 Å². The zero-order chi connectivity index (χ0) is 21.3. The second-order valence-electron chi connectivity index (χ2n) is 9.06. The molecule has 1 atom stereocenters. The van der Waals surface area contributed by atoms with Crippen molar-refractivity contribution in [2.24, 2.45) is 5.41 Å². The highest BCUT2D eigenvalue weighted by atomic mass is 16.5. The fourth-order valence-electron chi connectivity index (χ4n) is 4.56. The summed E-state index contributed by atoms with van der Waals surface area (Å²) in [5.74, 6) is 0.951. The molecule has 1 saturated heterocycles. The van der Waals surface area contributed by atoms with Crippen LogP contribution in [-0.4, -0.2) is 46.7 Å². The molecule has 7 heteroatoms. The van der Waals surface area contributed by atoms with E-state index in [-0.39, 0.29) is 23.3 Å². The van der Waals surface area contributed by atoms with Crippen LogP contribution in [0.1, 0.15) is 56.8 Å². The number of nitrogens with zero attached hydrogens (tertiary/aromatic N) is 3. The Morgan fingerprint density at radius 1 is 1.30 bits per heavy atom. The van der Waals surface area contributed by atoms with Crippen LogP contribution in [0.2, 0.25) is 0 Å². The number of hydrogen-bond donors (Lipinski definition) is 1. The molecule has 0 unspecified atom stereocenters. The molecule has 2 aliphatic rings. The van der Waals surface area contributed by atoms with E-state index in [2.05, 4.69) is 24.3 Å². The second-order valence-corrected chi connectivity index (χ2v) is 9.06. The quantitative estimate of drug-likeness (QED) is 0.794. The summed E-state index contributed by atoms with van der Waals surface area (Å²) in [6.45, 7) is 5.72. The SMILES string of the molecule is COc1ccc(-n2ncc3c2CC(C)(C)C[C@@H]3NC(=O)CCN2CCCC2=O)cc1. The lowest BCUT2D eigenvalue weighted by atomic mass is 9.74. The molecule has 0 spiro atoms. The minimum Gasteiger partial charge on any atom is -0.497 e. The number of likely N-dealkylation sites (tertiary alicyclic amines) is 1. The molecule has 1 aromatic heterocycles. The standard InChI is InChI=1S/C23H30N4O3/c1-23(2)13-19(25-21(28)10-12-26-11-4-5-22(26)29)18-15-24-27(20(18)14-23)16-6-8-17(30-3)9-7-16/h6-9,15,19H,4-5,10-14H2,1-3H3,(H,25,28)/t19-/m0/s1. The summed E-state index contributed by atoms with van der Waals surface area (Å²) in [5.41, 5.74) is 3.24. The van der Waals surface area contributed by atoms with Crippen molar-refractivity contribution in [1.29, 1.82) is 0 Å². The normalized spacial score (nSPS) is 20.2. The Balaban J connectivity index is 1.51. The Hall–Kier alpha value is -2.83. The molecule has 0 bridgehead atoms. The highest BCUT2D eigenvalue weighted by molar-refractivity contribution is 5.80. The highest BCUT2D eigenvalue weighted by Crippen LogP contribution is 2.41. The number of ether oxygens (including phenoxy) is 1. The first-order chi connectivity index (χ1) is 14.4. The molecule has 1 fully saturated rings. The molecule has 4 rings (SSSR count). The average molecular weight is 411 g/mol. The van der Waals surface area contributed by atoms with Crippen molar-refractivity contribution in [2.45, 2.75) is 52.0 Å². The Kier molecular flexibility index (Phi) is 5.54. The summed E-state index contributed by atoms with van der Waals surface area (Å²) in [5, 5.41) is 7.84. The van der Waals surface area contributed by atoms with Gasteiger partial charge in [0.25, 0.3) is 0 Å². The van der Waals surface area contributed by atoms with E-state index < -0.39 is 0 Å². The molecule has 160 valence electrons. The van der Waals surface area contributed by atoms with Gasteiger partial charge < -0.3 is 15.0 Å². The highest BCUT2D eigenvalue weighted by Gasteiger charge is 2.36. The lowest BCUT2D eigenvalue weighted by Gasteiger charge is -2.36. The third kappa shape index (κ3) is 4.20. The van der Waals surface area contributed by atoms with Crippen molar-refractivity contribution < 1.29 is 14.3 Å². The molecule has 30 heavy (non-hydrogen) atoms. The predicted molar refractivity (Wildman–Crippen MR) is 114 cm³/mol. The van der Waals surface area contributed by atoms with Gasteiger partial charge in [-0.3, -0.25) is 9.59 Å². The molecule has 2 heterocycles. The Bertz CT molecular complexity index is 932. The fraction of sp³-hybridized carbons (Fsp3) is 0.522. The maximum absolute atomic E-state index is 12.7. The van der Waals surface area contributed by atoms with Crippen LogP contribution in [0.25, 0.3) is 5.69 Å². The first kappa shape index (κ1) is 20.4. The summed E-state index contributed by atoms with van der Waals surface area (Å²) in [6, 6.07) is 7.77. The van der Waals surface area contributed by atoms with Crippen LogP contribution in [0.3, 0.4) is 0 Å². The zero-order valence-corrected chi connectivity index (χ0v) is 18.0. The lowest BCUT2D eigenvalue weighted by molar-refractivity contribution is -0.128. The third-order valence-corrected chi connectivity index (χ3v) is 6.11. The molecular formula is C23H30N4O3. The number of methoxy groups -OCH3 is 1. The van der Waals surface area contributed by atoms with Crippen LogP contribution in [-0.2, 0) is 16.0 Å². The van der Waals surface area contributed by atoms with Crippen LogP contribution in [0, 0.1) is 5.41 Å². The van der Waals surface area contributed by atoms with Crippen LogP contribution in [0.5, 0.6) is 5.75 Å². The molecule has 0 saturated carbocycles. The number of carbonyl (C=O) groups excluding carboxylic acids is 2. The van der Waals surface area contributed by atoms with Crippen LogP contribution < -0.4 is 10.1 Å². The van der Waals surface area contributed by atoms with Crippen molar-refractivity contribution in [3.8, 4) is 11.4 Å². The van der Waals surface area contributed by atoms with Gasteiger partial charge in [-0.2, -0.15) is 5.10 Å². The van der Waals surface area contributed by atoms with Gasteiger partial charge in [0.15, 0.2) is 0 Å². The third-order valence-electron chi connectivity index (χ3n) is 6.11. The summed E-state index contributed by atoms with van der Waals surface area (Å²) >= 11 is 0. The number of rotatable bonds is 6. The van der Waals surface area contributed by atoms with Crippen molar-refractivity contribution in [1.82, 2.24) is 20.0 Å². The van der Waals surface area contributed by atoms with Gasteiger partial charge in [-0.05, 0) is 48.9 Å². The smallest absolute Gasteiger partial charge is 0.222 e. The van der Waals surface area contributed by atoms with Gasteiger partial charge in [0.2, 0.25) is 11.8 Å². The molecule has 7 nitrogen and oxygen atoms in total. The second kappa shape index (κ2) is 8.13.